The fourth-order valence-electron chi connectivity index (χ4n) is 4.76. The van der Waals surface area contributed by atoms with Gasteiger partial charge in [-0.2, -0.15) is 0 Å². The zero-order valence-corrected chi connectivity index (χ0v) is 15.8. The first kappa shape index (κ1) is 17.4. The number of halogens is 2. The van der Waals surface area contributed by atoms with Crippen molar-refractivity contribution in [2.45, 2.75) is 37.0 Å². The van der Waals surface area contributed by atoms with Gasteiger partial charge in [0.15, 0.2) is 5.15 Å². The molecule has 27 heavy (non-hydrogen) atoms. The minimum absolute atomic E-state index is 0.161. The SMILES string of the molecule is O=C(NC12CC(F)(C1)C2)c1cc2ccnc(Cl)c2n1CCN1CCOCC1. The zero-order chi connectivity index (χ0) is 18.6. The Hall–Kier alpha value is -1.70. The second-order valence-electron chi connectivity index (χ2n) is 8.09. The lowest BCUT2D eigenvalue weighted by atomic mass is 9.47. The Labute approximate surface area is 161 Å². The van der Waals surface area contributed by atoms with Crippen LogP contribution in [0.1, 0.15) is 29.8 Å². The molecule has 6 rings (SSSR count). The summed E-state index contributed by atoms with van der Waals surface area (Å²) < 4.78 is 21.1. The molecule has 1 aliphatic heterocycles. The Morgan fingerprint density at radius 1 is 1.30 bits per heavy atom. The number of nitrogens with zero attached hydrogens (tertiary/aromatic N) is 3. The van der Waals surface area contributed by atoms with Gasteiger partial charge in [-0.05, 0) is 12.1 Å². The molecule has 1 N–H and O–H groups in total. The number of carbonyl (C=O) groups excluding carboxylic acids is 1. The van der Waals surface area contributed by atoms with Crippen LogP contribution in [-0.2, 0) is 11.3 Å². The fourth-order valence-corrected chi connectivity index (χ4v) is 5.03. The van der Waals surface area contributed by atoms with E-state index in [4.69, 9.17) is 16.3 Å². The molecule has 0 unspecified atom stereocenters. The lowest BCUT2D eigenvalue weighted by molar-refractivity contribution is -0.162. The normalized spacial score (nSPS) is 30.0. The summed E-state index contributed by atoms with van der Waals surface area (Å²) >= 11 is 6.35. The van der Waals surface area contributed by atoms with Gasteiger partial charge in [0.05, 0.1) is 18.7 Å². The maximum Gasteiger partial charge on any atom is 0.268 e. The molecule has 3 saturated carbocycles. The number of carbonyl (C=O) groups is 1. The van der Waals surface area contributed by atoms with E-state index >= 15 is 0 Å². The van der Waals surface area contributed by atoms with Gasteiger partial charge in [-0.15, -0.1) is 0 Å². The van der Waals surface area contributed by atoms with Crippen molar-refractivity contribution in [3.05, 3.63) is 29.2 Å². The first-order chi connectivity index (χ1) is 13.0. The smallest absolute Gasteiger partial charge is 0.268 e. The van der Waals surface area contributed by atoms with Crippen LogP contribution < -0.4 is 5.32 Å². The average molecular weight is 393 g/mol. The van der Waals surface area contributed by atoms with E-state index in [1.165, 1.54) is 0 Å². The first-order valence-corrected chi connectivity index (χ1v) is 9.80. The van der Waals surface area contributed by atoms with Crippen LogP contribution >= 0.6 is 11.6 Å². The van der Waals surface area contributed by atoms with Crippen molar-refractivity contribution in [3.63, 3.8) is 0 Å². The summed E-state index contributed by atoms with van der Waals surface area (Å²) in [6, 6.07) is 3.72. The topological polar surface area (TPSA) is 59.4 Å². The number of hydrogen-bond acceptors (Lipinski definition) is 4. The summed E-state index contributed by atoms with van der Waals surface area (Å²) in [6.45, 7) is 4.67. The lowest BCUT2D eigenvalue weighted by Crippen LogP contribution is -2.76. The minimum Gasteiger partial charge on any atom is -0.379 e. The van der Waals surface area contributed by atoms with Gasteiger partial charge < -0.3 is 14.6 Å². The molecule has 2 aromatic heterocycles. The number of aromatic nitrogens is 2. The average Bonchev–Trinajstić information content (AvgIpc) is 2.98. The molecule has 2 aromatic rings. The third-order valence-corrected chi connectivity index (χ3v) is 6.36. The Kier molecular flexibility index (Phi) is 3.97. The van der Waals surface area contributed by atoms with Crippen LogP contribution in [0.25, 0.3) is 10.9 Å². The summed E-state index contributed by atoms with van der Waals surface area (Å²) in [4.78, 5) is 19.5. The van der Waals surface area contributed by atoms with E-state index in [-0.39, 0.29) is 11.4 Å². The van der Waals surface area contributed by atoms with Crippen LogP contribution in [0, 0.1) is 0 Å². The van der Waals surface area contributed by atoms with Crippen molar-refractivity contribution >= 4 is 28.4 Å². The Morgan fingerprint density at radius 3 is 2.74 bits per heavy atom. The van der Waals surface area contributed by atoms with Gasteiger partial charge in [-0.25, -0.2) is 9.37 Å². The maximum atomic E-state index is 13.8. The zero-order valence-electron chi connectivity index (χ0n) is 15.0. The number of fused-ring (bicyclic) bond motifs is 1. The lowest BCUT2D eigenvalue weighted by Gasteiger charge is -2.65. The van der Waals surface area contributed by atoms with Crippen molar-refractivity contribution < 1.29 is 13.9 Å². The Balaban J connectivity index is 1.42. The highest BCUT2D eigenvalue weighted by Gasteiger charge is 2.70. The number of alkyl halides is 1. The highest BCUT2D eigenvalue weighted by Crippen LogP contribution is 2.62. The van der Waals surface area contributed by atoms with Crippen molar-refractivity contribution in [2.24, 2.45) is 0 Å². The molecule has 144 valence electrons. The third kappa shape index (κ3) is 2.92. The summed E-state index contributed by atoms with van der Waals surface area (Å²) in [7, 11) is 0. The predicted octanol–water partition coefficient (Wildman–Crippen LogP) is 2.40. The molecule has 1 saturated heterocycles. The number of pyridine rings is 1. The van der Waals surface area contributed by atoms with Gasteiger partial charge >= 0.3 is 0 Å². The van der Waals surface area contributed by atoms with Gasteiger partial charge in [0.25, 0.3) is 5.91 Å². The minimum atomic E-state index is -1.04. The van der Waals surface area contributed by atoms with Crippen LogP contribution in [0.3, 0.4) is 0 Å². The van der Waals surface area contributed by atoms with E-state index < -0.39 is 5.67 Å². The molecule has 4 aliphatic rings. The third-order valence-electron chi connectivity index (χ3n) is 6.08. The molecule has 1 amide bonds. The van der Waals surface area contributed by atoms with Crippen molar-refractivity contribution in [1.29, 1.82) is 0 Å². The van der Waals surface area contributed by atoms with Crippen molar-refractivity contribution in [3.8, 4) is 0 Å². The highest BCUT2D eigenvalue weighted by molar-refractivity contribution is 6.34. The molecule has 6 nitrogen and oxygen atoms in total. The number of amides is 1. The van der Waals surface area contributed by atoms with Crippen LogP contribution in [0.2, 0.25) is 5.15 Å². The Morgan fingerprint density at radius 2 is 2.04 bits per heavy atom. The van der Waals surface area contributed by atoms with Gasteiger partial charge in [0, 0.05) is 62.6 Å². The van der Waals surface area contributed by atoms with Gasteiger partial charge in [0.2, 0.25) is 0 Å². The molecule has 0 atom stereocenters. The molecular formula is C19H22ClFN4O2. The largest absolute Gasteiger partial charge is 0.379 e. The van der Waals surface area contributed by atoms with Crippen molar-refractivity contribution in [1.82, 2.24) is 19.8 Å². The fraction of sp³-hybridized carbons (Fsp3) is 0.579. The van der Waals surface area contributed by atoms with Crippen molar-refractivity contribution in [2.75, 3.05) is 32.8 Å². The second-order valence-corrected chi connectivity index (χ2v) is 8.45. The van der Waals surface area contributed by atoms with Crippen LogP contribution in [0.5, 0.6) is 0 Å². The molecule has 3 heterocycles. The quantitative estimate of drug-likeness (QED) is 0.794. The number of rotatable bonds is 5. The Bertz CT molecular complexity index is 889. The number of morpholine rings is 1. The number of hydrogen-bond donors (Lipinski definition) is 1. The molecule has 3 aliphatic carbocycles. The molecule has 8 heteroatoms. The van der Waals surface area contributed by atoms with E-state index in [1.54, 1.807) is 6.20 Å². The number of ether oxygens (including phenoxy) is 1. The molecule has 0 radical (unpaired) electrons. The van der Waals surface area contributed by atoms with Crippen LogP contribution in [0.15, 0.2) is 18.3 Å². The summed E-state index contributed by atoms with van der Waals surface area (Å²) in [5, 5.41) is 4.34. The van der Waals surface area contributed by atoms with Gasteiger partial charge in [-0.3, -0.25) is 9.69 Å². The van der Waals surface area contributed by atoms with Crippen LogP contribution in [0.4, 0.5) is 4.39 Å². The summed E-state index contributed by atoms with van der Waals surface area (Å²) in [5.74, 6) is -0.161. The second kappa shape index (κ2) is 6.15. The van der Waals surface area contributed by atoms with E-state index in [0.717, 1.165) is 43.8 Å². The molecule has 0 spiro atoms. The van der Waals surface area contributed by atoms with E-state index in [1.807, 2.05) is 16.7 Å². The van der Waals surface area contributed by atoms with Gasteiger partial charge in [-0.1, -0.05) is 11.6 Å². The molecule has 0 aromatic carbocycles. The molecule has 4 fully saturated rings. The predicted molar refractivity (Wildman–Crippen MR) is 99.9 cm³/mol. The van der Waals surface area contributed by atoms with Crippen LogP contribution in [-0.4, -0.2) is 64.4 Å². The maximum absolute atomic E-state index is 13.8. The standard InChI is InChI=1S/C19H22ClFN4O2/c20-16-15-13(1-2-22-16)9-14(17(26)23-19-10-18(21,11-19)12-19)25(15)4-3-24-5-7-27-8-6-24/h1-2,9H,3-8,10-12H2,(H,23,26). The highest BCUT2D eigenvalue weighted by atomic mass is 35.5. The molecule has 2 bridgehead atoms. The van der Waals surface area contributed by atoms with E-state index in [2.05, 4.69) is 15.2 Å². The number of nitrogens with one attached hydrogen (secondary N) is 1. The molecular weight excluding hydrogens is 371 g/mol. The first-order valence-electron chi connectivity index (χ1n) is 9.42. The summed E-state index contributed by atoms with van der Waals surface area (Å²) in [5.41, 5.74) is -0.0499. The summed E-state index contributed by atoms with van der Waals surface area (Å²) in [6.07, 6.45) is 2.94. The van der Waals surface area contributed by atoms with E-state index in [9.17, 15) is 9.18 Å². The monoisotopic (exact) mass is 392 g/mol. The van der Waals surface area contributed by atoms with Gasteiger partial charge in [0.1, 0.15) is 11.4 Å². The van der Waals surface area contributed by atoms with E-state index in [0.29, 0.717) is 36.7 Å².